The highest BCUT2D eigenvalue weighted by Gasteiger charge is 2.22. The fraction of sp³-hybridized carbons (Fsp3) is 0.571. The summed E-state index contributed by atoms with van der Waals surface area (Å²) in [5, 5.41) is 0. The van der Waals surface area contributed by atoms with Gasteiger partial charge in [0.1, 0.15) is 5.52 Å². The average molecular weight is 246 g/mol. The van der Waals surface area contributed by atoms with Gasteiger partial charge in [-0.15, -0.1) is 0 Å². The van der Waals surface area contributed by atoms with Crippen molar-refractivity contribution in [3.8, 4) is 0 Å². The lowest BCUT2D eigenvalue weighted by atomic mass is 9.82. The molecular formula is C14H22N4. The molecule has 2 aromatic rings. The van der Waals surface area contributed by atoms with E-state index in [2.05, 4.69) is 37.7 Å². The van der Waals surface area contributed by atoms with Gasteiger partial charge in [0.2, 0.25) is 5.95 Å². The molecule has 0 radical (unpaired) electrons. The average Bonchev–Trinajstić information content (AvgIpc) is 2.53. The van der Waals surface area contributed by atoms with E-state index in [1.165, 1.54) is 0 Å². The molecule has 98 valence electrons. The van der Waals surface area contributed by atoms with Gasteiger partial charge in [-0.25, -0.2) is 9.97 Å². The highest BCUT2D eigenvalue weighted by molar-refractivity contribution is 5.74. The Kier molecular flexibility index (Phi) is 3.05. The van der Waals surface area contributed by atoms with Crippen molar-refractivity contribution in [3.05, 3.63) is 17.8 Å². The number of pyridine rings is 1. The Hall–Kier alpha value is -1.58. The van der Waals surface area contributed by atoms with Gasteiger partial charge in [-0.05, 0) is 29.9 Å². The summed E-state index contributed by atoms with van der Waals surface area (Å²) in [6.45, 7) is 11.8. The first kappa shape index (κ1) is 12.9. The van der Waals surface area contributed by atoms with E-state index >= 15 is 0 Å². The fourth-order valence-electron chi connectivity index (χ4n) is 1.86. The number of imidazole rings is 1. The Balaban J connectivity index is 2.42. The quantitative estimate of drug-likeness (QED) is 0.886. The normalized spacial score (nSPS) is 14.1. The van der Waals surface area contributed by atoms with Crippen LogP contribution in [0, 0.1) is 18.3 Å². The van der Waals surface area contributed by atoms with Crippen molar-refractivity contribution in [2.75, 3.05) is 5.73 Å². The predicted octanol–water partition coefficient (Wildman–Crippen LogP) is 3.00. The molecule has 0 fully saturated rings. The maximum Gasteiger partial charge on any atom is 0.202 e. The number of nitrogens with two attached hydrogens (primary N) is 1. The molecule has 0 saturated carbocycles. The standard InChI is InChI=1S/C14H22N4/c1-9-6-11-12(16-7-9)18(13(15)17-11)8-10(2)14(3,4)5/h6-7,10H,8H2,1-5H3,(H2,15,17). The van der Waals surface area contributed by atoms with Crippen molar-refractivity contribution in [2.24, 2.45) is 11.3 Å². The molecule has 2 aromatic heterocycles. The number of aromatic nitrogens is 3. The molecule has 1 unspecified atom stereocenters. The largest absolute Gasteiger partial charge is 0.369 e. The minimum atomic E-state index is 0.244. The smallest absolute Gasteiger partial charge is 0.202 e. The van der Waals surface area contributed by atoms with Gasteiger partial charge < -0.3 is 5.73 Å². The second-order valence-corrected chi connectivity index (χ2v) is 6.20. The predicted molar refractivity (Wildman–Crippen MR) is 75.3 cm³/mol. The number of nitrogens with zero attached hydrogens (tertiary/aromatic N) is 3. The lowest BCUT2D eigenvalue weighted by molar-refractivity contribution is 0.235. The van der Waals surface area contributed by atoms with Gasteiger partial charge in [-0.3, -0.25) is 4.57 Å². The molecule has 0 aliphatic carbocycles. The van der Waals surface area contributed by atoms with E-state index in [1.54, 1.807) is 0 Å². The molecule has 4 nitrogen and oxygen atoms in total. The minimum absolute atomic E-state index is 0.244. The lowest BCUT2D eigenvalue weighted by Gasteiger charge is -2.27. The van der Waals surface area contributed by atoms with E-state index in [1.807, 2.05) is 23.8 Å². The Labute approximate surface area is 108 Å². The van der Waals surface area contributed by atoms with Crippen LogP contribution in [-0.4, -0.2) is 14.5 Å². The zero-order chi connectivity index (χ0) is 13.5. The summed E-state index contributed by atoms with van der Waals surface area (Å²) >= 11 is 0. The van der Waals surface area contributed by atoms with E-state index in [9.17, 15) is 0 Å². The lowest BCUT2D eigenvalue weighted by Crippen LogP contribution is -2.23. The third-order valence-corrected chi connectivity index (χ3v) is 3.69. The maximum absolute atomic E-state index is 6.01. The zero-order valence-electron chi connectivity index (χ0n) is 11.9. The van der Waals surface area contributed by atoms with Crippen LogP contribution >= 0.6 is 0 Å². The van der Waals surface area contributed by atoms with Crippen LogP contribution in [0.3, 0.4) is 0 Å². The number of hydrogen-bond acceptors (Lipinski definition) is 3. The number of aryl methyl sites for hydroxylation is 1. The monoisotopic (exact) mass is 246 g/mol. The van der Waals surface area contributed by atoms with Crippen LogP contribution in [0.2, 0.25) is 0 Å². The zero-order valence-corrected chi connectivity index (χ0v) is 11.9. The molecule has 2 heterocycles. The van der Waals surface area contributed by atoms with Crippen LogP contribution in [0.4, 0.5) is 5.95 Å². The van der Waals surface area contributed by atoms with Crippen LogP contribution in [0.5, 0.6) is 0 Å². The molecule has 4 heteroatoms. The Morgan fingerprint density at radius 3 is 2.67 bits per heavy atom. The van der Waals surface area contributed by atoms with Gasteiger partial charge in [-0.2, -0.15) is 0 Å². The molecule has 0 aromatic carbocycles. The number of hydrogen-bond donors (Lipinski definition) is 1. The van der Waals surface area contributed by atoms with Crippen LogP contribution in [0.15, 0.2) is 12.3 Å². The van der Waals surface area contributed by atoms with Crippen molar-refractivity contribution >= 4 is 17.1 Å². The van der Waals surface area contributed by atoms with Crippen molar-refractivity contribution < 1.29 is 0 Å². The van der Waals surface area contributed by atoms with Crippen molar-refractivity contribution in [2.45, 2.75) is 41.2 Å². The molecule has 0 spiro atoms. The first-order valence-corrected chi connectivity index (χ1v) is 6.37. The van der Waals surface area contributed by atoms with Crippen molar-refractivity contribution in [1.82, 2.24) is 14.5 Å². The number of nitrogen functional groups attached to an aromatic ring is 1. The number of fused-ring (bicyclic) bond motifs is 1. The Bertz CT molecular complexity index is 563. The van der Waals surface area contributed by atoms with Gasteiger partial charge >= 0.3 is 0 Å². The summed E-state index contributed by atoms with van der Waals surface area (Å²) in [5.41, 5.74) is 9.12. The minimum Gasteiger partial charge on any atom is -0.369 e. The Morgan fingerprint density at radius 1 is 1.39 bits per heavy atom. The molecular weight excluding hydrogens is 224 g/mol. The van der Waals surface area contributed by atoms with Crippen LogP contribution in [0.25, 0.3) is 11.2 Å². The first-order valence-electron chi connectivity index (χ1n) is 6.37. The molecule has 2 rings (SSSR count). The molecule has 0 amide bonds. The summed E-state index contributed by atoms with van der Waals surface area (Å²) in [6.07, 6.45) is 1.86. The number of rotatable bonds is 2. The van der Waals surface area contributed by atoms with Crippen LogP contribution < -0.4 is 5.73 Å². The third-order valence-electron chi connectivity index (χ3n) is 3.69. The molecule has 1 atom stereocenters. The van der Waals surface area contributed by atoms with Crippen LogP contribution in [0.1, 0.15) is 33.3 Å². The maximum atomic E-state index is 6.01. The Morgan fingerprint density at radius 2 is 2.06 bits per heavy atom. The van der Waals surface area contributed by atoms with E-state index in [0.29, 0.717) is 11.9 Å². The third kappa shape index (κ3) is 2.33. The summed E-state index contributed by atoms with van der Waals surface area (Å²) in [5.74, 6) is 1.06. The molecule has 0 saturated heterocycles. The highest BCUT2D eigenvalue weighted by atomic mass is 15.2. The van der Waals surface area contributed by atoms with E-state index in [4.69, 9.17) is 5.73 Å². The van der Waals surface area contributed by atoms with Crippen molar-refractivity contribution in [3.63, 3.8) is 0 Å². The fourth-order valence-corrected chi connectivity index (χ4v) is 1.86. The van der Waals surface area contributed by atoms with Gasteiger partial charge in [0, 0.05) is 12.7 Å². The molecule has 2 N–H and O–H groups in total. The summed E-state index contributed by atoms with van der Waals surface area (Å²) in [4.78, 5) is 8.84. The van der Waals surface area contributed by atoms with Gasteiger partial charge in [0.25, 0.3) is 0 Å². The van der Waals surface area contributed by atoms with Crippen molar-refractivity contribution in [1.29, 1.82) is 0 Å². The second-order valence-electron chi connectivity index (χ2n) is 6.20. The highest BCUT2D eigenvalue weighted by Crippen LogP contribution is 2.28. The number of anilines is 1. The summed E-state index contributed by atoms with van der Waals surface area (Å²) in [6, 6.07) is 2.02. The van der Waals surface area contributed by atoms with E-state index in [0.717, 1.165) is 23.3 Å². The van der Waals surface area contributed by atoms with Gasteiger partial charge in [0.05, 0.1) is 0 Å². The van der Waals surface area contributed by atoms with Gasteiger partial charge in [-0.1, -0.05) is 27.7 Å². The molecule has 0 aliphatic heterocycles. The van der Waals surface area contributed by atoms with E-state index < -0.39 is 0 Å². The SMILES string of the molecule is Cc1cnc2c(c1)nc(N)n2CC(C)C(C)(C)C. The summed E-state index contributed by atoms with van der Waals surface area (Å²) in [7, 11) is 0. The second kappa shape index (κ2) is 4.26. The molecule has 0 bridgehead atoms. The first-order chi connectivity index (χ1) is 8.29. The van der Waals surface area contributed by atoms with E-state index in [-0.39, 0.29) is 5.41 Å². The van der Waals surface area contributed by atoms with Gasteiger partial charge in [0.15, 0.2) is 5.65 Å². The molecule has 18 heavy (non-hydrogen) atoms. The topological polar surface area (TPSA) is 56.7 Å². The van der Waals surface area contributed by atoms with Crippen LogP contribution in [-0.2, 0) is 6.54 Å². The summed E-state index contributed by atoms with van der Waals surface area (Å²) < 4.78 is 2.02. The molecule has 0 aliphatic rings.